The van der Waals surface area contributed by atoms with Crippen molar-refractivity contribution in [2.45, 2.75) is 24.4 Å². The Morgan fingerprint density at radius 3 is 2.59 bits per heavy atom. The van der Waals surface area contributed by atoms with Crippen LogP contribution in [0.4, 0.5) is 5.69 Å². The van der Waals surface area contributed by atoms with Crippen LogP contribution in [0.2, 0.25) is 0 Å². The SMILES string of the molecule is CN(C)Cc1ccccc1CNC(=O)CCN1C(=O)CSc2ccccc21. The Bertz CT molecular complexity index is 823. The smallest absolute Gasteiger partial charge is 0.237 e. The van der Waals surface area contributed by atoms with Gasteiger partial charge >= 0.3 is 0 Å². The van der Waals surface area contributed by atoms with Gasteiger partial charge in [0.05, 0.1) is 11.4 Å². The van der Waals surface area contributed by atoms with E-state index in [9.17, 15) is 9.59 Å². The summed E-state index contributed by atoms with van der Waals surface area (Å²) in [6, 6.07) is 16.0. The van der Waals surface area contributed by atoms with Gasteiger partial charge in [-0.25, -0.2) is 0 Å². The Hall–Kier alpha value is -2.31. The quantitative estimate of drug-likeness (QED) is 0.799. The number of amides is 2. The maximum Gasteiger partial charge on any atom is 0.237 e. The molecule has 1 heterocycles. The Labute approximate surface area is 164 Å². The van der Waals surface area contributed by atoms with Gasteiger partial charge in [0.25, 0.3) is 0 Å². The summed E-state index contributed by atoms with van der Waals surface area (Å²) in [5, 5.41) is 2.99. The molecule has 0 aliphatic carbocycles. The van der Waals surface area contributed by atoms with E-state index in [0.717, 1.165) is 22.7 Å². The van der Waals surface area contributed by atoms with Crippen LogP contribution in [0.5, 0.6) is 0 Å². The number of para-hydroxylation sites is 1. The van der Waals surface area contributed by atoms with Crippen LogP contribution in [-0.2, 0) is 22.7 Å². The molecule has 1 N–H and O–H groups in total. The molecule has 0 unspecified atom stereocenters. The minimum atomic E-state index is -0.0434. The van der Waals surface area contributed by atoms with Crippen LogP contribution in [0, 0.1) is 0 Å². The molecular weight excluding hydrogens is 358 g/mol. The summed E-state index contributed by atoms with van der Waals surface area (Å²) in [6.07, 6.45) is 0.292. The lowest BCUT2D eigenvalue weighted by Crippen LogP contribution is -2.38. The van der Waals surface area contributed by atoms with Crippen LogP contribution in [0.3, 0.4) is 0 Å². The third-order valence-corrected chi connectivity index (χ3v) is 5.50. The third-order valence-electron chi connectivity index (χ3n) is 4.45. The van der Waals surface area contributed by atoms with Gasteiger partial charge < -0.3 is 15.1 Å². The number of hydrogen-bond donors (Lipinski definition) is 1. The first kappa shape index (κ1) is 19.5. The lowest BCUT2D eigenvalue weighted by Gasteiger charge is -2.28. The summed E-state index contributed by atoms with van der Waals surface area (Å²) in [5.41, 5.74) is 3.23. The molecule has 27 heavy (non-hydrogen) atoms. The molecule has 0 spiro atoms. The van der Waals surface area contributed by atoms with E-state index in [1.54, 1.807) is 16.7 Å². The van der Waals surface area contributed by atoms with Gasteiger partial charge in [-0.3, -0.25) is 9.59 Å². The van der Waals surface area contributed by atoms with Crippen LogP contribution in [0.15, 0.2) is 53.4 Å². The normalized spacial score (nSPS) is 13.6. The van der Waals surface area contributed by atoms with Gasteiger partial charge in [0, 0.05) is 31.0 Å². The van der Waals surface area contributed by atoms with Crippen molar-refractivity contribution in [2.24, 2.45) is 0 Å². The average Bonchev–Trinajstić information content (AvgIpc) is 2.66. The van der Waals surface area contributed by atoms with Crippen molar-refractivity contribution in [3.05, 3.63) is 59.7 Å². The van der Waals surface area contributed by atoms with Gasteiger partial charge in [-0.15, -0.1) is 11.8 Å². The second-order valence-corrected chi connectivity index (χ2v) is 7.85. The Morgan fingerprint density at radius 1 is 1.11 bits per heavy atom. The molecule has 0 aromatic heterocycles. The maximum atomic E-state index is 12.3. The summed E-state index contributed by atoms with van der Waals surface area (Å²) < 4.78 is 0. The molecule has 2 aromatic rings. The highest BCUT2D eigenvalue weighted by atomic mass is 32.2. The van der Waals surface area contributed by atoms with E-state index in [2.05, 4.69) is 16.3 Å². The van der Waals surface area contributed by atoms with E-state index in [-0.39, 0.29) is 11.8 Å². The number of nitrogens with zero attached hydrogens (tertiary/aromatic N) is 2. The van der Waals surface area contributed by atoms with E-state index < -0.39 is 0 Å². The number of nitrogens with one attached hydrogen (secondary N) is 1. The zero-order chi connectivity index (χ0) is 19.2. The predicted octanol–water partition coefficient (Wildman–Crippen LogP) is 2.89. The number of carbonyl (C=O) groups excluding carboxylic acids is 2. The fourth-order valence-corrected chi connectivity index (χ4v) is 4.06. The van der Waals surface area contributed by atoms with Crippen LogP contribution < -0.4 is 10.2 Å². The van der Waals surface area contributed by atoms with Crippen LogP contribution in [0.25, 0.3) is 0 Å². The average molecular weight is 384 g/mol. The van der Waals surface area contributed by atoms with Gasteiger partial charge in [0.1, 0.15) is 0 Å². The predicted molar refractivity (Wildman–Crippen MR) is 110 cm³/mol. The monoisotopic (exact) mass is 383 g/mol. The summed E-state index contributed by atoms with van der Waals surface area (Å²) >= 11 is 1.55. The molecule has 0 radical (unpaired) electrons. The second-order valence-electron chi connectivity index (χ2n) is 6.83. The molecule has 0 fully saturated rings. The first-order valence-electron chi connectivity index (χ1n) is 9.05. The van der Waals surface area contributed by atoms with E-state index in [1.807, 2.05) is 56.6 Å². The highest BCUT2D eigenvalue weighted by molar-refractivity contribution is 8.00. The number of thioether (sulfide) groups is 1. The van der Waals surface area contributed by atoms with Crippen LogP contribution in [-0.4, -0.2) is 43.1 Å². The molecule has 2 aromatic carbocycles. The van der Waals surface area contributed by atoms with Crippen LogP contribution in [0.1, 0.15) is 17.5 Å². The summed E-state index contributed by atoms with van der Waals surface area (Å²) in [5.74, 6) is 0.442. The lowest BCUT2D eigenvalue weighted by molar-refractivity contribution is -0.121. The fraction of sp³-hybridized carbons (Fsp3) is 0.333. The number of rotatable bonds is 7. The largest absolute Gasteiger partial charge is 0.352 e. The highest BCUT2D eigenvalue weighted by Crippen LogP contribution is 2.34. The maximum absolute atomic E-state index is 12.3. The van der Waals surface area contributed by atoms with Crippen molar-refractivity contribution in [2.75, 3.05) is 31.3 Å². The Balaban J connectivity index is 1.56. The zero-order valence-electron chi connectivity index (χ0n) is 15.8. The standard InChI is InChI=1S/C21H25N3O2S/c1-23(2)14-17-8-4-3-7-16(17)13-22-20(25)11-12-24-18-9-5-6-10-19(18)27-15-21(24)26/h3-10H,11-15H2,1-2H3,(H,22,25). The number of hydrogen-bond acceptors (Lipinski definition) is 4. The molecule has 0 bridgehead atoms. The first-order chi connectivity index (χ1) is 13.0. The lowest BCUT2D eigenvalue weighted by atomic mass is 10.1. The van der Waals surface area contributed by atoms with E-state index >= 15 is 0 Å². The molecule has 0 saturated heterocycles. The van der Waals surface area contributed by atoms with Crippen molar-refractivity contribution in [3.63, 3.8) is 0 Å². The first-order valence-corrected chi connectivity index (χ1v) is 10.0. The highest BCUT2D eigenvalue weighted by Gasteiger charge is 2.24. The van der Waals surface area contributed by atoms with Gasteiger partial charge in [0.15, 0.2) is 0 Å². The topological polar surface area (TPSA) is 52.7 Å². The number of carbonyl (C=O) groups is 2. The number of anilines is 1. The molecule has 142 valence electrons. The molecular formula is C21H25N3O2S. The van der Waals surface area contributed by atoms with Crippen molar-refractivity contribution < 1.29 is 9.59 Å². The molecule has 1 aliphatic heterocycles. The molecule has 1 aliphatic rings. The van der Waals surface area contributed by atoms with E-state index in [0.29, 0.717) is 25.3 Å². The fourth-order valence-electron chi connectivity index (χ4n) is 3.12. The minimum absolute atomic E-state index is 0.0434. The van der Waals surface area contributed by atoms with Gasteiger partial charge in [-0.05, 0) is 37.4 Å². The Morgan fingerprint density at radius 2 is 1.81 bits per heavy atom. The molecule has 0 atom stereocenters. The zero-order valence-corrected chi connectivity index (χ0v) is 16.6. The van der Waals surface area contributed by atoms with Gasteiger partial charge in [-0.1, -0.05) is 36.4 Å². The number of benzene rings is 2. The molecule has 2 amide bonds. The van der Waals surface area contributed by atoms with E-state index in [1.165, 1.54) is 5.56 Å². The van der Waals surface area contributed by atoms with Crippen molar-refractivity contribution in [1.29, 1.82) is 0 Å². The number of fused-ring (bicyclic) bond motifs is 1. The third kappa shape index (κ3) is 5.11. The Kier molecular flexibility index (Phi) is 6.53. The van der Waals surface area contributed by atoms with Crippen molar-refractivity contribution >= 4 is 29.3 Å². The van der Waals surface area contributed by atoms with Gasteiger partial charge in [-0.2, -0.15) is 0 Å². The van der Waals surface area contributed by atoms with Gasteiger partial charge in [0.2, 0.25) is 11.8 Å². The molecule has 6 heteroatoms. The second kappa shape index (κ2) is 9.06. The van der Waals surface area contributed by atoms with Crippen LogP contribution >= 0.6 is 11.8 Å². The van der Waals surface area contributed by atoms with Crippen molar-refractivity contribution in [1.82, 2.24) is 10.2 Å². The molecule has 0 saturated carbocycles. The molecule has 5 nitrogen and oxygen atoms in total. The summed E-state index contributed by atoms with van der Waals surface area (Å²) in [4.78, 5) is 29.5. The van der Waals surface area contributed by atoms with E-state index in [4.69, 9.17) is 0 Å². The summed E-state index contributed by atoms with van der Waals surface area (Å²) in [6.45, 7) is 1.74. The molecule has 3 rings (SSSR count). The van der Waals surface area contributed by atoms with Crippen molar-refractivity contribution in [3.8, 4) is 0 Å². The minimum Gasteiger partial charge on any atom is -0.352 e. The summed E-state index contributed by atoms with van der Waals surface area (Å²) in [7, 11) is 4.06.